The van der Waals surface area contributed by atoms with Crippen LogP contribution in [0.5, 0.6) is 0 Å². The summed E-state index contributed by atoms with van der Waals surface area (Å²) in [6, 6.07) is 16.1. The van der Waals surface area contributed by atoms with Gasteiger partial charge in [-0.05, 0) is 56.2 Å². The number of carbonyl (C=O) groups excluding carboxylic acids is 1. The van der Waals surface area contributed by atoms with Gasteiger partial charge in [0.25, 0.3) is 0 Å². The Morgan fingerprint density at radius 1 is 1.06 bits per heavy atom. The van der Waals surface area contributed by atoms with Crippen molar-refractivity contribution in [3.8, 4) is 0 Å². The average molecular weight is 445 g/mol. The summed E-state index contributed by atoms with van der Waals surface area (Å²) >= 11 is 6.10. The molecule has 0 fully saturated rings. The second-order valence-corrected chi connectivity index (χ2v) is 7.97. The van der Waals surface area contributed by atoms with E-state index in [4.69, 9.17) is 11.6 Å². The summed E-state index contributed by atoms with van der Waals surface area (Å²) in [5, 5.41) is 16.3. The Morgan fingerprint density at radius 3 is 2.10 bits per heavy atom. The van der Waals surface area contributed by atoms with Gasteiger partial charge in [-0.25, -0.2) is 0 Å². The normalized spacial score (nSPS) is 12.7. The monoisotopic (exact) mass is 444 g/mol. The van der Waals surface area contributed by atoms with E-state index in [1.54, 1.807) is 0 Å². The summed E-state index contributed by atoms with van der Waals surface area (Å²) in [5.74, 6) is 0. The number of carbonyl (C=O) groups is 1. The van der Waals surface area contributed by atoms with Crippen molar-refractivity contribution in [1.82, 2.24) is 4.57 Å². The van der Waals surface area contributed by atoms with Crippen LogP contribution in [-0.2, 0) is 10.3 Å². The molecule has 0 aliphatic rings. The average Bonchev–Trinajstić information content (AvgIpc) is 3.21. The lowest BCUT2D eigenvalue weighted by Crippen LogP contribution is -2.52. The molecule has 0 aliphatic heterocycles. The molecule has 4 nitrogen and oxygen atoms in total. The molecule has 1 atom stereocenters. The van der Waals surface area contributed by atoms with E-state index in [1.165, 1.54) is 0 Å². The number of nitrogens with one attached hydrogen (secondary N) is 1. The molecule has 0 amide bonds. The fourth-order valence-corrected chi connectivity index (χ4v) is 4.16. The number of aldehydes is 1. The number of nitrogens with zero attached hydrogens (tertiary/aromatic N) is 1. The van der Waals surface area contributed by atoms with Crippen molar-refractivity contribution < 1.29 is 9.90 Å². The van der Waals surface area contributed by atoms with Gasteiger partial charge < -0.3 is 19.8 Å². The zero-order chi connectivity index (χ0) is 23.7. The highest BCUT2D eigenvalue weighted by atomic mass is 35.5. The number of fused-ring (bicyclic) bond motifs is 1. The predicted octanol–water partition coefficient (Wildman–Crippen LogP) is 6.88. The van der Waals surface area contributed by atoms with Crippen LogP contribution in [0.25, 0.3) is 10.9 Å². The van der Waals surface area contributed by atoms with Gasteiger partial charge in [0.15, 0.2) is 0 Å². The zero-order valence-corrected chi connectivity index (χ0v) is 20.6. The van der Waals surface area contributed by atoms with Crippen molar-refractivity contribution in [2.75, 3.05) is 12.4 Å². The van der Waals surface area contributed by atoms with Crippen molar-refractivity contribution in [1.29, 1.82) is 0 Å². The highest BCUT2D eigenvalue weighted by Crippen LogP contribution is 2.43. The smallest absolute Gasteiger partial charge is 0.119 e. The first-order valence-electron chi connectivity index (χ1n) is 11.0. The number of hydrogen-bond donors (Lipinski definition) is 2. The third-order valence-electron chi connectivity index (χ3n) is 5.43. The number of hydrogen-bond acceptors (Lipinski definition) is 3. The maximum absolute atomic E-state index is 11.2. The maximum Gasteiger partial charge on any atom is 0.119 e. The number of aromatic nitrogens is 1. The molecule has 1 unspecified atom stereocenters. The van der Waals surface area contributed by atoms with E-state index in [0.29, 0.717) is 11.4 Å². The quantitative estimate of drug-likeness (QED) is 0.407. The lowest BCUT2D eigenvalue weighted by molar-refractivity contribution is -0.107. The number of anilines is 1. The summed E-state index contributed by atoms with van der Waals surface area (Å²) in [6.45, 7) is 11.7. The van der Waals surface area contributed by atoms with Crippen molar-refractivity contribution in [2.45, 2.75) is 65.5 Å². The topological polar surface area (TPSA) is 54.3 Å². The summed E-state index contributed by atoms with van der Waals surface area (Å²) in [7, 11) is 1.92. The number of benzene rings is 2. The molecule has 5 heteroatoms. The molecule has 3 aromatic rings. The summed E-state index contributed by atoms with van der Waals surface area (Å²) in [4.78, 5) is 9.17. The van der Waals surface area contributed by atoms with Gasteiger partial charge >= 0.3 is 0 Å². The first-order chi connectivity index (χ1) is 14.8. The Labute approximate surface area is 192 Å². The largest absolute Gasteiger partial charge is 0.388 e. The van der Waals surface area contributed by atoms with E-state index in [0.717, 1.165) is 34.9 Å². The summed E-state index contributed by atoms with van der Waals surface area (Å²) in [6.07, 6.45) is 4.33. The van der Waals surface area contributed by atoms with Gasteiger partial charge in [-0.3, -0.25) is 0 Å². The lowest BCUT2D eigenvalue weighted by Gasteiger charge is -2.45. The van der Waals surface area contributed by atoms with Crippen LogP contribution in [0.3, 0.4) is 0 Å². The molecule has 1 aromatic heterocycles. The lowest BCUT2D eigenvalue weighted by atomic mass is 9.74. The molecular weight excluding hydrogens is 408 g/mol. The van der Waals surface area contributed by atoms with Gasteiger partial charge in [-0.2, -0.15) is 0 Å². The standard InChI is InChI=1S/C21H25ClN2O.C3H6O.C2H6/c1-5-21(20(2,3)25,15-9-11-16(22)12-10-15)24-14-13-17-18(23-4)7-6-8-19(17)24;1-2-3-4;1-2/h6-14,23,25H,5H2,1-4H3;3H,2H2,1H3;1-2H3. The third kappa shape index (κ3) is 5.50. The molecule has 3 rings (SSSR count). The molecule has 2 aromatic carbocycles. The van der Waals surface area contributed by atoms with E-state index >= 15 is 0 Å². The van der Waals surface area contributed by atoms with Crippen LogP contribution in [0.4, 0.5) is 5.69 Å². The van der Waals surface area contributed by atoms with E-state index in [9.17, 15) is 9.90 Å². The third-order valence-corrected chi connectivity index (χ3v) is 5.68. The Morgan fingerprint density at radius 2 is 1.65 bits per heavy atom. The summed E-state index contributed by atoms with van der Waals surface area (Å²) < 4.78 is 2.20. The minimum atomic E-state index is -0.975. The maximum atomic E-state index is 11.2. The molecule has 2 N–H and O–H groups in total. The molecule has 0 spiro atoms. The second-order valence-electron chi connectivity index (χ2n) is 7.53. The molecule has 0 aliphatic carbocycles. The SMILES string of the molecule is CC.CCC(c1ccc(Cl)cc1)(n1ccc2c(NC)cccc21)C(C)(C)O.CCC=O. The van der Waals surface area contributed by atoms with Crippen molar-refractivity contribution in [2.24, 2.45) is 0 Å². The van der Waals surface area contributed by atoms with Gasteiger partial charge in [0, 0.05) is 35.8 Å². The van der Waals surface area contributed by atoms with E-state index in [1.807, 2.05) is 72.0 Å². The second kappa shape index (κ2) is 11.9. The molecule has 0 saturated heterocycles. The van der Waals surface area contributed by atoms with Crippen LogP contribution < -0.4 is 5.32 Å². The summed E-state index contributed by atoms with van der Waals surface area (Å²) in [5.41, 5.74) is 1.63. The van der Waals surface area contributed by atoms with Crippen molar-refractivity contribution in [3.05, 3.63) is 65.3 Å². The van der Waals surface area contributed by atoms with Crippen LogP contribution >= 0.6 is 11.6 Å². The van der Waals surface area contributed by atoms with Crippen molar-refractivity contribution in [3.63, 3.8) is 0 Å². The van der Waals surface area contributed by atoms with Crippen molar-refractivity contribution >= 4 is 34.5 Å². The fourth-order valence-electron chi connectivity index (χ4n) is 4.04. The molecular formula is C26H37ClN2O2. The fraction of sp³-hybridized carbons (Fsp3) is 0.423. The Bertz CT molecular complexity index is 942. The van der Waals surface area contributed by atoms with Crippen LogP contribution in [0, 0.1) is 0 Å². The Hall–Kier alpha value is -2.30. The number of aliphatic hydroxyl groups is 1. The number of halogens is 1. The highest BCUT2D eigenvalue weighted by molar-refractivity contribution is 6.30. The Balaban J connectivity index is 0.000000720. The van der Waals surface area contributed by atoms with Gasteiger partial charge in [0.05, 0.1) is 16.7 Å². The molecule has 0 bridgehead atoms. The first-order valence-corrected chi connectivity index (χ1v) is 11.3. The van der Waals surface area contributed by atoms with E-state index in [2.05, 4.69) is 41.2 Å². The van der Waals surface area contributed by atoms with Gasteiger partial charge in [-0.1, -0.05) is 57.5 Å². The molecule has 1 heterocycles. The minimum absolute atomic E-state index is 0.605. The highest BCUT2D eigenvalue weighted by Gasteiger charge is 2.46. The minimum Gasteiger partial charge on any atom is -0.388 e. The Kier molecular flexibility index (Phi) is 10.3. The molecule has 31 heavy (non-hydrogen) atoms. The molecule has 0 radical (unpaired) electrons. The molecule has 170 valence electrons. The molecule has 0 saturated carbocycles. The van der Waals surface area contributed by atoms with Crippen LogP contribution in [0.1, 0.15) is 59.9 Å². The predicted molar refractivity (Wildman–Crippen MR) is 134 cm³/mol. The van der Waals surface area contributed by atoms with Gasteiger partial charge in [0.2, 0.25) is 0 Å². The first kappa shape index (κ1) is 26.7. The van der Waals surface area contributed by atoms with E-state index in [-0.39, 0.29) is 0 Å². The van der Waals surface area contributed by atoms with Gasteiger partial charge in [0.1, 0.15) is 6.29 Å². The van der Waals surface area contributed by atoms with Gasteiger partial charge in [-0.15, -0.1) is 0 Å². The van der Waals surface area contributed by atoms with Crippen LogP contribution in [0.15, 0.2) is 54.7 Å². The van der Waals surface area contributed by atoms with Crippen LogP contribution in [0.2, 0.25) is 5.02 Å². The number of rotatable bonds is 6. The zero-order valence-electron chi connectivity index (χ0n) is 19.9. The van der Waals surface area contributed by atoms with Crippen LogP contribution in [-0.4, -0.2) is 28.6 Å². The van der Waals surface area contributed by atoms with E-state index < -0.39 is 11.1 Å².